The predicted octanol–water partition coefficient (Wildman–Crippen LogP) is 5.46. The van der Waals surface area contributed by atoms with E-state index in [9.17, 15) is 4.79 Å². The third kappa shape index (κ3) is 3.67. The molecule has 1 amide bonds. The number of H-pyrrole nitrogens is 1. The van der Waals surface area contributed by atoms with Crippen molar-refractivity contribution in [3.8, 4) is 0 Å². The molecule has 1 atom stereocenters. The number of aromatic nitrogens is 1. The van der Waals surface area contributed by atoms with Gasteiger partial charge in [-0.05, 0) is 31.4 Å². The summed E-state index contributed by atoms with van der Waals surface area (Å²) < 4.78 is 0. The van der Waals surface area contributed by atoms with Gasteiger partial charge in [0.15, 0.2) is 0 Å². The summed E-state index contributed by atoms with van der Waals surface area (Å²) in [6.07, 6.45) is 2.62. The average molecular weight is 348 g/mol. The van der Waals surface area contributed by atoms with Crippen LogP contribution in [0.15, 0.2) is 54.7 Å². The zero-order chi connectivity index (χ0) is 18.7. The Hall–Kier alpha value is -2.55. The highest BCUT2D eigenvalue weighted by molar-refractivity contribution is 5.85. The molecule has 0 fully saturated rings. The first-order valence-electron chi connectivity index (χ1n) is 9.43. The first kappa shape index (κ1) is 18.2. The molecule has 0 aliphatic carbocycles. The molecule has 0 spiro atoms. The number of rotatable bonds is 6. The molecule has 3 aromatic rings. The summed E-state index contributed by atoms with van der Waals surface area (Å²) in [6, 6.07) is 16.8. The van der Waals surface area contributed by atoms with Crippen molar-refractivity contribution in [1.29, 1.82) is 0 Å². The molecule has 0 bridgehead atoms. The molecule has 26 heavy (non-hydrogen) atoms. The van der Waals surface area contributed by atoms with Crippen molar-refractivity contribution in [3.05, 3.63) is 71.4 Å². The molecular weight excluding hydrogens is 320 g/mol. The molecule has 2 aromatic carbocycles. The maximum Gasteiger partial charge on any atom is 0.223 e. The summed E-state index contributed by atoms with van der Waals surface area (Å²) in [6.45, 7) is 9.03. The van der Waals surface area contributed by atoms with E-state index in [-0.39, 0.29) is 11.9 Å². The number of nitrogens with zero attached hydrogens (tertiary/aromatic N) is 1. The second-order valence-electron chi connectivity index (χ2n) is 7.38. The van der Waals surface area contributed by atoms with Crippen LogP contribution in [-0.2, 0) is 4.79 Å². The summed E-state index contributed by atoms with van der Waals surface area (Å²) in [5.41, 5.74) is 4.64. The summed E-state index contributed by atoms with van der Waals surface area (Å²) in [5, 5.41) is 1.17. The molecule has 1 N–H and O–H groups in total. The van der Waals surface area contributed by atoms with Crippen molar-refractivity contribution in [2.75, 3.05) is 6.54 Å². The van der Waals surface area contributed by atoms with E-state index < -0.39 is 0 Å². The minimum atomic E-state index is -0.0806. The molecule has 0 aliphatic rings. The average Bonchev–Trinajstić information content (AvgIpc) is 3.03. The lowest BCUT2D eigenvalue weighted by molar-refractivity contribution is -0.133. The number of nitrogens with one attached hydrogen (secondary N) is 1. The van der Waals surface area contributed by atoms with Crippen molar-refractivity contribution in [2.45, 2.75) is 40.2 Å². The summed E-state index contributed by atoms with van der Waals surface area (Å²) in [5.74, 6) is 0.552. The zero-order valence-corrected chi connectivity index (χ0v) is 16.1. The van der Waals surface area contributed by atoms with Crippen molar-refractivity contribution in [2.24, 2.45) is 5.92 Å². The maximum absolute atomic E-state index is 13.0. The van der Waals surface area contributed by atoms with E-state index in [1.165, 1.54) is 10.9 Å². The highest BCUT2D eigenvalue weighted by atomic mass is 16.2. The quantitative estimate of drug-likeness (QED) is 0.631. The Labute approximate surface area is 156 Å². The number of hydrogen-bond acceptors (Lipinski definition) is 1. The van der Waals surface area contributed by atoms with E-state index >= 15 is 0 Å². The topological polar surface area (TPSA) is 36.1 Å². The molecule has 1 aromatic heterocycles. The number of aryl methyl sites for hydroxylation is 1. The van der Waals surface area contributed by atoms with Gasteiger partial charge in [0, 0.05) is 35.6 Å². The van der Waals surface area contributed by atoms with Gasteiger partial charge in [0.1, 0.15) is 0 Å². The number of carbonyl (C=O) groups excluding carboxylic acids is 1. The van der Waals surface area contributed by atoms with Crippen molar-refractivity contribution in [1.82, 2.24) is 9.88 Å². The lowest BCUT2D eigenvalue weighted by Crippen LogP contribution is -2.36. The Morgan fingerprint density at radius 2 is 1.77 bits per heavy atom. The number of benzene rings is 2. The maximum atomic E-state index is 13.0. The summed E-state index contributed by atoms with van der Waals surface area (Å²) in [7, 11) is 0. The van der Waals surface area contributed by atoms with Gasteiger partial charge in [-0.3, -0.25) is 4.79 Å². The molecule has 1 unspecified atom stereocenters. The smallest absolute Gasteiger partial charge is 0.223 e. The zero-order valence-electron chi connectivity index (χ0n) is 16.1. The minimum absolute atomic E-state index is 0.0806. The number of carbonyl (C=O) groups is 1. The van der Waals surface area contributed by atoms with Crippen LogP contribution in [-0.4, -0.2) is 22.3 Å². The van der Waals surface area contributed by atoms with E-state index in [2.05, 4.69) is 81.3 Å². The number of aromatic amines is 1. The standard InChI is InChI=1S/C23H28N2O/c1-5-25(22(26)14-16(2)3)23(18-12-10-17(4)11-13-18)20-15-24-21-9-7-6-8-19(20)21/h6-13,15-16,23-24H,5,14H2,1-4H3. The Balaban J connectivity index is 2.12. The third-order valence-electron chi connectivity index (χ3n) is 4.86. The van der Waals surface area contributed by atoms with Crippen LogP contribution in [0.1, 0.15) is 49.9 Å². The monoisotopic (exact) mass is 348 g/mol. The SMILES string of the molecule is CCN(C(=O)CC(C)C)C(c1ccc(C)cc1)c1c[nH]c2ccccc12. The van der Waals surface area contributed by atoms with Crippen LogP contribution in [0, 0.1) is 12.8 Å². The van der Waals surface area contributed by atoms with Gasteiger partial charge in [-0.15, -0.1) is 0 Å². The van der Waals surface area contributed by atoms with Crippen molar-refractivity contribution in [3.63, 3.8) is 0 Å². The lowest BCUT2D eigenvalue weighted by atomic mass is 9.95. The molecule has 3 heteroatoms. The molecule has 0 saturated heterocycles. The molecule has 0 radical (unpaired) electrons. The van der Waals surface area contributed by atoms with Crippen LogP contribution in [0.2, 0.25) is 0 Å². The van der Waals surface area contributed by atoms with E-state index in [1.807, 2.05) is 11.0 Å². The van der Waals surface area contributed by atoms with E-state index in [1.54, 1.807) is 0 Å². The van der Waals surface area contributed by atoms with Gasteiger partial charge < -0.3 is 9.88 Å². The van der Waals surface area contributed by atoms with Crippen LogP contribution in [0.4, 0.5) is 0 Å². The second-order valence-corrected chi connectivity index (χ2v) is 7.38. The van der Waals surface area contributed by atoms with Crippen LogP contribution < -0.4 is 0 Å². The predicted molar refractivity (Wildman–Crippen MR) is 108 cm³/mol. The first-order chi connectivity index (χ1) is 12.5. The van der Waals surface area contributed by atoms with Crippen LogP contribution in [0.3, 0.4) is 0 Å². The highest BCUT2D eigenvalue weighted by Crippen LogP contribution is 2.34. The van der Waals surface area contributed by atoms with Gasteiger partial charge in [-0.1, -0.05) is 61.9 Å². The van der Waals surface area contributed by atoms with Crippen molar-refractivity contribution < 1.29 is 4.79 Å². The Bertz CT molecular complexity index is 877. The Morgan fingerprint density at radius 3 is 2.42 bits per heavy atom. The fourth-order valence-corrected chi connectivity index (χ4v) is 3.57. The molecule has 136 valence electrons. The van der Waals surface area contributed by atoms with Crippen molar-refractivity contribution >= 4 is 16.8 Å². The largest absolute Gasteiger partial charge is 0.361 e. The van der Waals surface area contributed by atoms with E-state index in [0.29, 0.717) is 18.9 Å². The molecular formula is C23H28N2O. The third-order valence-corrected chi connectivity index (χ3v) is 4.86. The molecule has 1 heterocycles. The fourth-order valence-electron chi connectivity index (χ4n) is 3.57. The number of amides is 1. The van der Waals surface area contributed by atoms with Gasteiger partial charge in [-0.2, -0.15) is 0 Å². The second kappa shape index (κ2) is 7.77. The molecule has 0 aliphatic heterocycles. The normalized spacial score (nSPS) is 12.5. The van der Waals surface area contributed by atoms with Crippen LogP contribution >= 0.6 is 0 Å². The first-order valence-corrected chi connectivity index (χ1v) is 9.43. The number of hydrogen-bond donors (Lipinski definition) is 1. The fraction of sp³-hybridized carbons (Fsp3) is 0.348. The number of fused-ring (bicyclic) bond motifs is 1. The highest BCUT2D eigenvalue weighted by Gasteiger charge is 2.27. The molecule has 3 nitrogen and oxygen atoms in total. The molecule has 3 rings (SSSR count). The Morgan fingerprint density at radius 1 is 1.08 bits per heavy atom. The summed E-state index contributed by atoms with van der Waals surface area (Å²) >= 11 is 0. The number of para-hydroxylation sites is 1. The minimum Gasteiger partial charge on any atom is -0.361 e. The van der Waals surface area contributed by atoms with Crippen LogP contribution in [0.5, 0.6) is 0 Å². The van der Waals surface area contributed by atoms with E-state index in [4.69, 9.17) is 0 Å². The van der Waals surface area contributed by atoms with E-state index in [0.717, 1.165) is 16.6 Å². The lowest BCUT2D eigenvalue weighted by Gasteiger charge is -2.32. The van der Waals surface area contributed by atoms with Gasteiger partial charge in [0.25, 0.3) is 0 Å². The van der Waals surface area contributed by atoms with Gasteiger partial charge in [-0.25, -0.2) is 0 Å². The Kier molecular flexibility index (Phi) is 5.46. The van der Waals surface area contributed by atoms with Gasteiger partial charge in [0.2, 0.25) is 5.91 Å². The molecule has 0 saturated carbocycles. The summed E-state index contributed by atoms with van der Waals surface area (Å²) in [4.78, 5) is 18.4. The van der Waals surface area contributed by atoms with Gasteiger partial charge >= 0.3 is 0 Å². The van der Waals surface area contributed by atoms with Crippen LogP contribution in [0.25, 0.3) is 10.9 Å². The van der Waals surface area contributed by atoms with Gasteiger partial charge in [0.05, 0.1) is 6.04 Å².